The summed E-state index contributed by atoms with van der Waals surface area (Å²) in [5, 5.41) is 11.5. The summed E-state index contributed by atoms with van der Waals surface area (Å²) in [6.45, 7) is 5.90. The first kappa shape index (κ1) is 27.2. The minimum atomic E-state index is -0.713. The van der Waals surface area contributed by atoms with Gasteiger partial charge in [0, 0.05) is 0 Å². The SMILES string of the molecule is CCCCCCCCCCCCCCCCCCCC(C)(C)[O-].[Na+]. The molecule has 0 atom stereocenters. The Labute approximate surface area is 176 Å². The Morgan fingerprint density at radius 2 is 0.750 bits per heavy atom. The van der Waals surface area contributed by atoms with E-state index in [-0.39, 0.29) is 29.6 Å². The smallest absolute Gasteiger partial charge is 0.850 e. The van der Waals surface area contributed by atoms with Crippen LogP contribution in [0.1, 0.15) is 136 Å². The van der Waals surface area contributed by atoms with E-state index in [1.165, 1.54) is 103 Å². The molecular weight excluding hydrogens is 303 g/mol. The third-order valence-corrected chi connectivity index (χ3v) is 4.88. The average molecular weight is 349 g/mol. The van der Waals surface area contributed by atoms with Gasteiger partial charge in [-0.3, -0.25) is 0 Å². The van der Waals surface area contributed by atoms with Crippen molar-refractivity contribution >= 4 is 0 Å². The third-order valence-electron chi connectivity index (χ3n) is 4.88. The Morgan fingerprint density at radius 3 is 1.00 bits per heavy atom. The Kier molecular flexibility index (Phi) is 23.0. The summed E-state index contributed by atoms with van der Waals surface area (Å²) in [5.41, 5.74) is -0.713. The van der Waals surface area contributed by atoms with Crippen LogP contribution >= 0.6 is 0 Å². The molecule has 0 saturated carbocycles. The second kappa shape index (κ2) is 20.3. The van der Waals surface area contributed by atoms with Crippen LogP contribution in [0.4, 0.5) is 0 Å². The molecule has 0 aliphatic carbocycles. The van der Waals surface area contributed by atoms with Crippen molar-refractivity contribution in [3.63, 3.8) is 0 Å². The fourth-order valence-corrected chi connectivity index (χ4v) is 3.28. The van der Waals surface area contributed by atoms with Crippen molar-refractivity contribution in [1.82, 2.24) is 0 Å². The summed E-state index contributed by atoms with van der Waals surface area (Å²) >= 11 is 0. The van der Waals surface area contributed by atoms with E-state index in [0.29, 0.717) is 0 Å². The van der Waals surface area contributed by atoms with Crippen molar-refractivity contribution in [2.75, 3.05) is 0 Å². The van der Waals surface area contributed by atoms with Gasteiger partial charge in [-0.25, -0.2) is 0 Å². The Morgan fingerprint density at radius 1 is 0.500 bits per heavy atom. The van der Waals surface area contributed by atoms with Crippen LogP contribution in [0.5, 0.6) is 0 Å². The van der Waals surface area contributed by atoms with Crippen molar-refractivity contribution in [3.8, 4) is 0 Å². The molecule has 24 heavy (non-hydrogen) atoms. The van der Waals surface area contributed by atoms with Gasteiger partial charge in [0.15, 0.2) is 0 Å². The Hall–Kier alpha value is 0.960. The van der Waals surface area contributed by atoms with Crippen molar-refractivity contribution in [2.45, 2.75) is 142 Å². The van der Waals surface area contributed by atoms with Gasteiger partial charge in [0.25, 0.3) is 0 Å². The summed E-state index contributed by atoms with van der Waals surface area (Å²) in [6, 6.07) is 0. The molecule has 0 saturated heterocycles. The number of hydrogen-bond acceptors (Lipinski definition) is 1. The summed E-state index contributed by atoms with van der Waals surface area (Å²) in [7, 11) is 0. The van der Waals surface area contributed by atoms with E-state index in [4.69, 9.17) is 0 Å². The van der Waals surface area contributed by atoms with E-state index in [9.17, 15) is 5.11 Å². The van der Waals surface area contributed by atoms with Crippen molar-refractivity contribution in [3.05, 3.63) is 0 Å². The van der Waals surface area contributed by atoms with E-state index < -0.39 is 5.60 Å². The molecule has 0 rings (SSSR count). The summed E-state index contributed by atoms with van der Waals surface area (Å²) in [5.74, 6) is 0. The maximum absolute atomic E-state index is 11.5. The molecule has 0 radical (unpaired) electrons. The summed E-state index contributed by atoms with van der Waals surface area (Å²) in [4.78, 5) is 0. The van der Waals surface area contributed by atoms with Gasteiger partial charge in [0.1, 0.15) is 0 Å². The molecule has 0 aromatic heterocycles. The van der Waals surface area contributed by atoms with Gasteiger partial charge in [-0.1, -0.05) is 136 Å². The van der Waals surface area contributed by atoms with Crippen molar-refractivity contribution in [2.24, 2.45) is 0 Å². The molecule has 0 unspecified atom stereocenters. The van der Waals surface area contributed by atoms with E-state index in [1.807, 2.05) is 0 Å². The zero-order valence-corrected chi connectivity index (χ0v) is 19.6. The molecule has 1 nitrogen and oxygen atoms in total. The van der Waals surface area contributed by atoms with Gasteiger partial charge in [0.05, 0.1) is 0 Å². The third kappa shape index (κ3) is 25.2. The van der Waals surface area contributed by atoms with Crippen LogP contribution in [0.2, 0.25) is 0 Å². The van der Waals surface area contributed by atoms with Gasteiger partial charge in [-0.15, -0.1) is 5.60 Å². The van der Waals surface area contributed by atoms with Gasteiger partial charge in [0.2, 0.25) is 0 Å². The molecule has 2 heteroatoms. The fraction of sp³-hybridized carbons (Fsp3) is 1.00. The maximum Gasteiger partial charge on any atom is 1.00 e. The monoisotopic (exact) mass is 348 g/mol. The van der Waals surface area contributed by atoms with E-state index in [2.05, 4.69) is 6.92 Å². The first-order valence-electron chi connectivity index (χ1n) is 10.8. The zero-order chi connectivity index (χ0) is 17.2. The van der Waals surface area contributed by atoms with Crippen molar-refractivity contribution < 1.29 is 34.7 Å². The van der Waals surface area contributed by atoms with Crippen molar-refractivity contribution in [1.29, 1.82) is 0 Å². The first-order valence-corrected chi connectivity index (χ1v) is 10.8. The quantitative estimate of drug-likeness (QED) is 0.269. The molecule has 0 aliphatic heterocycles. The number of rotatable bonds is 18. The molecule has 0 heterocycles. The minimum absolute atomic E-state index is 0. The van der Waals surface area contributed by atoms with Crippen LogP contribution in [0.25, 0.3) is 0 Å². The van der Waals surface area contributed by atoms with E-state index in [1.54, 1.807) is 13.8 Å². The van der Waals surface area contributed by atoms with Gasteiger partial charge < -0.3 is 5.11 Å². The molecular formula is C22H45NaO. The number of hydrogen-bond donors (Lipinski definition) is 0. The van der Waals surface area contributed by atoms with E-state index in [0.717, 1.165) is 12.8 Å². The van der Waals surface area contributed by atoms with Crippen LogP contribution in [0.3, 0.4) is 0 Å². The average Bonchev–Trinajstić information content (AvgIpc) is 2.49. The molecule has 0 aromatic rings. The first-order chi connectivity index (χ1) is 11.1. The van der Waals surface area contributed by atoms with Crippen LogP contribution in [-0.4, -0.2) is 5.60 Å². The van der Waals surface area contributed by atoms with Crippen LogP contribution in [0.15, 0.2) is 0 Å². The molecule has 0 bridgehead atoms. The maximum atomic E-state index is 11.5. The summed E-state index contributed by atoms with van der Waals surface area (Å²) in [6.07, 6.45) is 24.6. The van der Waals surface area contributed by atoms with E-state index >= 15 is 0 Å². The van der Waals surface area contributed by atoms with Crippen LogP contribution in [-0.2, 0) is 0 Å². The molecule has 0 aromatic carbocycles. The molecule has 0 aliphatic rings. The second-order valence-corrected chi connectivity index (χ2v) is 8.17. The van der Waals surface area contributed by atoms with Gasteiger partial charge in [-0.05, 0) is 0 Å². The molecule has 0 fully saturated rings. The standard InChI is InChI=1S/C22H45O.Na/c1-4-5-6-7-8-9-10-11-12-13-14-15-16-17-18-19-20-21-22(2,3)23;/h4-21H2,1-3H3;/q-1;+1. The molecule has 140 valence electrons. The molecule has 0 N–H and O–H groups in total. The number of unbranched alkanes of at least 4 members (excludes halogenated alkanes) is 16. The topological polar surface area (TPSA) is 23.1 Å². The normalized spacial score (nSPS) is 11.5. The Bertz CT molecular complexity index is 223. The largest absolute Gasteiger partial charge is 1.00 e. The fourth-order valence-electron chi connectivity index (χ4n) is 3.28. The second-order valence-electron chi connectivity index (χ2n) is 8.17. The molecule has 0 amide bonds. The predicted molar refractivity (Wildman–Crippen MR) is 103 cm³/mol. The molecule has 0 spiro atoms. The Balaban J connectivity index is 0. The minimum Gasteiger partial charge on any atom is -0.850 e. The van der Waals surface area contributed by atoms with Gasteiger partial charge in [-0.2, -0.15) is 0 Å². The van der Waals surface area contributed by atoms with Crippen LogP contribution in [0, 0.1) is 0 Å². The van der Waals surface area contributed by atoms with Gasteiger partial charge >= 0.3 is 29.6 Å². The summed E-state index contributed by atoms with van der Waals surface area (Å²) < 4.78 is 0. The zero-order valence-electron chi connectivity index (χ0n) is 17.6. The predicted octanol–water partition coefficient (Wildman–Crippen LogP) is 4.17. The van der Waals surface area contributed by atoms with Crippen LogP contribution < -0.4 is 34.7 Å².